The largest absolute Gasteiger partial charge is 0.506 e. The highest BCUT2D eigenvalue weighted by atomic mass is 16.3. The van der Waals surface area contributed by atoms with Crippen LogP contribution in [0, 0.1) is 0 Å². The van der Waals surface area contributed by atoms with Crippen LogP contribution in [0.4, 0.5) is 22.7 Å². The summed E-state index contributed by atoms with van der Waals surface area (Å²) in [6.45, 7) is 17.9. The Kier molecular flexibility index (Phi) is 5.94. The fraction of sp³-hybridized carbons (Fsp3) is 0.429. The summed E-state index contributed by atoms with van der Waals surface area (Å²) in [5, 5.41) is 49.4. The van der Waals surface area contributed by atoms with Crippen molar-refractivity contribution in [3.05, 3.63) is 93.0 Å². The summed E-state index contributed by atoms with van der Waals surface area (Å²) in [6, 6.07) is 15.1. The van der Waals surface area contributed by atoms with Crippen LogP contribution in [0.15, 0.2) is 48.5 Å². The topological polar surface area (TPSA) is 145 Å². The van der Waals surface area contributed by atoms with E-state index in [1.54, 1.807) is 12.1 Å². The van der Waals surface area contributed by atoms with Gasteiger partial charge in [-0.3, -0.25) is 0 Å². The normalized spacial score (nSPS) is 25.7. The van der Waals surface area contributed by atoms with Crippen LogP contribution in [0.3, 0.4) is 0 Å². The highest BCUT2D eigenvalue weighted by molar-refractivity contribution is 5.84. The molecule has 4 aliphatic rings. The maximum Gasteiger partial charge on any atom is 0.139 e. The van der Waals surface area contributed by atoms with Crippen molar-refractivity contribution in [3.63, 3.8) is 0 Å². The van der Waals surface area contributed by atoms with Gasteiger partial charge in [-0.2, -0.15) is 0 Å². The van der Waals surface area contributed by atoms with Gasteiger partial charge in [-0.15, -0.1) is 0 Å². The molecule has 0 radical (unpaired) electrons. The quantitative estimate of drug-likeness (QED) is 0.0842. The molecule has 8 rings (SSSR count). The fourth-order valence-corrected chi connectivity index (χ4v) is 11.3. The average Bonchev–Trinajstić information content (AvgIpc) is 3.52. The highest BCUT2D eigenvalue weighted by Gasteiger charge is 2.60. The number of benzene rings is 4. The van der Waals surface area contributed by atoms with Crippen LogP contribution < -0.4 is 16.8 Å². The van der Waals surface area contributed by atoms with Crippen molar-refractivity contribution in [3.8, 4) is 23.0 Å². The number of anilines is 4. The Labute approximate surface area is 289 Å². The minimum Gasteiger partial charge on any atom is -0.506 e. The molecule has 0 heterocycles. The third-order valence-electron chi connectivity index (χ3n) is 12.8. The lowest BCUT2D eigenvalue weighted by atomic mass is 9.71. The number of nitrogens with one attached hydrogen (secondary N) is 1. The van der Waals surface area contributed by atoms with Crippen molar-refractivity contribution >= 4 is 22.7 Å². The first-order valence-corrected chi connectivity index (χ1v) is 17.4. The first kappa shape index (κ1) is 31.7. The van der Waals surface area contributed by atoms with E-state index in [0.29, 0.717) is 22.7 Å². The molecule has 4 aliphatic carbocycles. The molecule has 2 spiro atoms. The lowest BCUT2D eigenvalue weighted by Crippen LogP contribution is -2.28. The first-order valence-electron chi connectivity index (χ1n) is 17.4. The van der Waals surface area contributed by atoms with E-state index < -0.39 is 10.8 Å². The van der Waals surface area contributed by atoms with Crippen molar-refractivity contribution in [2.75, 3.05) is 16.8 Å². The van der Waals surface area contributed by atoms with Crippen LogP contribution in [-0.4, -0.2) is 20.4 Å². The monoisotopic (exact) mass is 659 g/mol. The average molecular weight is 660 g/mol. The van der Waals surface area contributed by atoms with Gasteiger partial charge in [0.2, 0.25) is 0 Å². The van der Waals surface area contributed by atoms with Crippen LogP contribution in [0.2, 0.25) is 0 Å². The predicted molar refractivity (Wildman–Crippen MR) is 197 cm³/mol. The van der Waals surface area contributed by atoms with Gasteiger partial charge in [-0.05, 0) is 128 Å². The molecule has 2 atom stereocenters. The summed E-state index contributed by atoms with van der Waals surface area (Å²) < 4.78 is 0. The molecule has 0 saturated heterocycles. The molecular weight excluding hydrogens is 610 g/mol. The number of fused-ring (bicyclic) bond motifs is 8. The third-order valence-corrected chi connectivity index (χ3v) is 12.8. The summed E-state index contributed by atoms with van der Waals surface area (Å²) in [7, 11) is 0. The Hall–Kier alpha value is -4.52. The number of phenolic OH excluding ortho intramolecular Hbond substituents is 4. The predicted octanol–water partition coefficient (Wildman–Crippen LogP) is 8.71. The van der Waals surface area contributed by atoms with Crippen LogP contribution in [0.5, 0.6) is 23.0 Å². The Morgan fingerprint density at radius 2 is 0.776 bits per heavy atom. The molecule has 2 unspecified atom stereocenters. The second kappa shape index (κ2) is 9.17. The second-order valence-electron chi connectivity index (χ2n) is 18.2. The molecule has 7 heteroatoms. The third kappa shape index (κ3) is 3.96. The zero-order chi connectivity index (χ0) is 35.4. The molecule has 7 nitrogen and oxygen atoms in total. The van der Waals surface area contributed by atoms with E-state index in [2.05, 4.69) is 60.7 Å². The van der Waals surface area contributed by atoms with Gasteiger partial charge in [0.1, 0.15) is 23.0 Å². The van der Waals surface area contributed by atoms with Gasteiger partial charge >= 0.3 is 0 Å². The molecule has 4 aromatic rings. The molecule has 0 aliphatic heterocycles. The maximum atomic E-state index is 11.9. The van der Waals surface area contributed by atoms with Crippen molar-refractivity contribution in [2.24, 2.45) is 0 Å². The number of phenols is 4. The van der Waals surface area contributed by atoms with Crippen molar-refractivity contribution in [1.82, 2.24) is 0 Å². The molecule has 0 saturated carbocycles. The minimum atomic E-state index is -0.528. The van der Waals surface area contributed by atoms with E-state index in [1.807, 2.05) is 36.4 Å². The Morgan fingerprint density at radius 3 is 1.12 bits per heavy atom. The van der Waals surface area contributed by atoms with Crippen LogP contribution in [0.1, 0.15) is 126 Å². The number of aromatic hydroxyl groups is 4. The number of hydrogen-bond acceptors (Lipinski definition) is 7. The van der Waals surface area contributed by atoms with Gasteiger partial charge in [0.15, 0.2) is 0 Å². The lowest BCUT2D eigenvalue weighted by Gasteiger charge is -2.34. The summed E-state index contributed by atoms with van der Waals surface area (Å²) in [5.74, 6) is 0.321. The van der Waals surface area contributed by atoms with Crippen LogP contribution in [0.25, 0.3) is 0 Å². The summed E-state index contributed by atoms with van der Waals surface area (Å²) >= 11 is 0. The van der Waals surface area contributed by atoms with E-state index in [9.17, 15) is 20.4 Å². The van der Waals surface area contributed by atoms with Crippen molar-refractivity contribution in [2.45, 2.75) is 114 Å². The first-order chi connectivity index (χ1) is 22.7. The second-order valence-corrected chi connectivity index (χ2v) is 18.2. The van der Waals surface area contributed by atoms with Crippen molar-refractivity contribution < 1.29 is 20.4 Å². The Bertz CT molecular complexity index is 1990. The van der Waals surface area contributed by atoms with E-state index in [0.717, 1.165) is 70.2 Å². The molecular formula is C42H49N3O4. The SMILES string of the molecule is CC1(C)CC2(CC(C)(C)c3ccc(O)c(Nc4c(O)ccc5c4C4(CC(C)(C)c6cc(N)c(O)cc64)CC5(C)C)c32)c2cc(O)c(N)cc21. The van der Waals surface area contributed by atoms with Gasteiger partial charge in [0.05, 0.1) is 22.7 Å². The Balaban J connectivity index is 1.41. The van der Waals surface area contributed by atoms with Gasteiger partial charge in [0, 0.05) is 10.8 Å². The van der Waals surface area contributed by atoms with E-state index in [4.69, 9.17) is 11.5 Å². The van der Waals surface area contributed by atoms with Crippen molar-refractivity contribution in [1.29, 1.82) is 0 Å². The molecule has 0 aromatic heterocycles. The molecule has 256 valence electrons. The summed E-state index contributed by atoms with van der Waals surface area (Å²) in [4.78, 5) is 0. The smallest absolute Gasteiger partial charge is 0.139 e. The number of rotatable bonds is 2. The molecule has 0 bridgehead atoms. The zero-order valence-corrected chi connectivity index (χ0v) is 29.9. The van der Waals surface area contributed by atoms with Gasteiger partial charge < -0.3 is 37.2 Å². The molecule has 9 N–H and O–H groups in total. The van der Waals surface area contributed by atoms with E-state index >= 15 is 0 Å². The Morgan fingerprint density at radius 1 is 0.449 bits per heavy atom. The van der Waals surface area contributed by atoms with Gasteiger partial charge in [0.25, 0.3) is 0 Å². The highest BCUT2D eigenvalue weighted by Crippen LogP contribution is 2.68. The zero-order valence-electron chi connectivity index (χ0n) is 29.9. The molecule has 0 amide bonds. The standard InChI is InChI=1S/C42H49N3O4/c1-37(2)17-41(19-39(5,6)23-13-27(43)31(48)15-25(23)41)33-21(37)9-11-29(46)35(33)45-36-30(47)12-10-22-34(36)42(18-38(22,3)4)20-40(7,8)24-14-28(44)32(49)16-26(24)42/h9-16,45-49H,17-20,43-44H2,1-8H3. The van der Waals surface area contributed by atoms with E-state index in [-0.39, 0.29) is 44.7 Å². The van der Waals surface area contributed by atoms with Crippen LogP contribution >= 0.6 is 0 Å². The van der Waals surface area contributed by atoms with Gasteiger partial charge in [-0.25, -0.2) is 0 Å². The fourth-order valence-electron chi connectivity index (χ4n) is 11.3. The lowest BCUT2D eigenvalue weighted by molar-refractivity contribution is 0.349. The number of nitrogens with two attached hydrogens (primary N) is 2. The molecule has 0 fully saturated rings. The number of nitrogen functional groups attached to an aromatic ring is 2. The minimum absolute atomic E-state index is 0.0610. The molecule has 49 heavy (non-hydrogen) atoms. The van der Waals surface area contributed by atoms with Gasteiger partial charge in [-0.1, -0.05) is 67.5 Å². The molecule has 4 aromatic carbocycles. The number of hydrogen-bond donors (Lipinski definition) is 7. The maximum absolute atomic E-state index is 11.9. The van der Waals surface area contributed by atoms with E-state index in [1.165, 1.54) is 0 Å². The van der Waals surface area contributed by atoms with Crippen LogP contribution in [-0.2, 0) is 32.5 Å². The summed E-state index contributed by atoms with van der Waals surface area (Å²) in [5.41, 5.74) is 20.9. The summed E-state index contributed by atoms with van der Waals surface area (Å²) in [6.07, 6.45) is 3.10.